The van der Waals surface area contributed by atoms with Crippen LogP contribution in [0.2, 0.25) is 0 Å². The van der Waals surface area contributed by atoms with Crippen LogP contribution in [0.1, 0.15) is 26.2 Å². The number of rotatable bonds is 7. The van der Waals surface area contributed by atoms with Crippen LogP contribution in [0.3, 0.4) is 0 Å². The second kappa shape index (κ2) is 5.92. The fourth-order valence-electron chi connectivity index (χ4n) is 1.80. The van der Waals surface area contributed by atoms with Crippen molar-refractivity contribution >= 4 is 5.84 Å². The molecule has 0 aliphatic heterocycles. The minimum Gasteiger partial charge on any atom is -0.409 e. The molecular weight excluding hydrogens is 194 g/mol. The van der Waals surface area contributed by atoms with Crippen LogP contribution >= 0.6 is 0 Å². The maximum absolute atomic E-state index is 8.46. The van der Waals surface area contributed by atoms with Crippen LogP contribution in [-0.2, 0) is 4.74 Å². The molecule has 5 heteroatoms. The molecule has 5 nitrogen and oxygen atoms in total. The van der Waals surface area contributed by atoms with Crippen molar-refractivity contribution in [2.24, 2.45) is 10.9 Å². The van der Waals surface area contributed by atoms with Gasteiger partial charge in [-0.3, -0.25) is 4.90 Å². The van der Waals surface area contributed by atoms with E-state index in [0.717, 1.165) is 13.2 Å². The van der Waals surface area contributed by atoms with E-state index in [1.165, 1.54) is 12.8 Å². The number of nitrogens with zero attached hydrogens (tertiary/aromatic N) is 2. The second-order valence-corrected chi connectivity index (χ2v) is 4.11. The molecule has 3 N–H and O–H groups in total. The highest BCUT2D eigenvalue weighted by molar-refractivity contribution is 5.79. The van der Waals surface area contributed by atoms with E-state index in [1.54, 1.807) is 7.11 Å². The highest BCUT2D eigenvalue weighted by atomic mass is 16.5. The van der Waals surface area contributed by atoms with Gasteiger partial charge in [0, 0.05) is 32.2 Å². The molecule has 1 fully saturated rings. The summed E-state index contributed by atoms with van der Waals surface area (Å²) in [5.74, 6) is 0.297. The standard InChI is InChI=1S/C10H21N3O2/c1-8(7-15-2)13(9-3-4-9)6-5-10(11)12-14/h8-9,14H,3-7H2,1-2H3,(H2,11,12). The Morgan fingerprint density at radius 2 is 2.33 bits per heavy atom. The predicted molar refractivity (Wildman–Crippen MR) is 59.1 cm³/mol. The van der Waals surface area contributed by atoms with Gasteiger partial charge in [-0.25, -0.2) is 0 Å². The molecule has 15 heavy (non-hydrogen) atoms. The summed E-state index contributed by atoms with van der Waals surface area (Å²) in [6.07, 6.45) is 3.12. The summed E-state index contributed by atoms with van der Waals surface area (Å²) in [5.41, 5.74) is 5.46. The Balaban J connectivity index is 2.36. The number of methoxy groups -OCH3 is 1. The van der Waals surface area contributed by atoms with Crippen LogP contribution in [0.25, 0.3) is 0 Å². The molecular formula is C10H21N3O2. The van der Waals surface area contributed by atoms with E-state index in [9.17, 15) is 0 Å². The topological polar surface area (TPSA) is 71.1 Å². The van der Waals surface area contributed by atoms with Gasteiger partial charge >= 0.3 is 0 Å². The predicted octanol–water partition coefficient (Wildman–Crippen LogP) is 0.622. The Kier molecular flexibility index (Phi) is 4.84. The summed E-state index contributed by atoms with van der Waals surface area (Å²) in [6.45, 7) is 3.71. The number of hydrogen-bond donors (Lipinski definition) is 2. The summed E-state index contributed by atoms with van der Waals surface area (Å²) < 4.78 is 5.14. The number of amidine groups is 1. The Bertz CT molecular complexity index is 217. The summed E-state index contributed by atoms with van der Waals surface area (Å²) in [7, 11) is 1.71. The summed E-state index contributed by atoms with van der Waals surface area (Å²) in [5, 5.41) is 11.4. The molecule has 1 saturated carbocycles. The van der Waals surface area contributed by atoms with Gasteiger partial charge in [0.2, 0.25) is 0 Å². The Hall–Kier alpha value is -0.810. The molecule has 1 atom stereocenters. The average Bonchev–Trinajstić information content (AvgIpc) is 3.02. The first kappa shape index (κ1) is 12.3. The number of ether oxygens (including phenoxy) is 1. The maximum Gasteiger partial charge on any atom is 0.140 e. The zero-order valence-corrected chi connectivity index (χ0v) is 9.52. The molecule has 1 unspecified atom stereocenters. The highest BCUT2D eigenvalue weighted by Gasteiger charge is 2.31. The van der Waals surface area contributed by atoms with E-state index in [4.69, 9.17) is 15.7 Å². The minimum atomic E-state index is 0.297. The van der Waals surface area contributed by atoms with Crippen LogP contribution in [0, 0.1) is 0 Å². The molecule has 1 rings (SSSR count). The summed E-state index contributed by atoms with van der Waals surface area (Å²) in [6, 6.07) is 1.07. The lowest BCUT2D eigenvalue weighted by Crippen LogP contribution is -2.40. The molecule has 0 radical (unpaired) electrons. The van der Waals surface area contributed by atoms with E-state index in [2.05, 4.69) is 17.0 Å². The van der Waals surface area contributed by atoms with E-state index in [1.807, 2.05) is 0 Å². The fourth-order valence-corrected chi connectivity index (χ4v) is 1.80. The monoisotopic (exact) mass is 215 g/mol. The molecule has 0 aromatic carbocycles. The van der Waals surface area contributed by atoms with Crippen LogP contribution in [0.4, 0.5) is 0 Å². The van der Waals surface area contributed by atoms with Crippen molar-refractivity contribution in [2.75, 3.05) is 20.3 Å². The first-order valence-corrected chi connectivity index (χ1v) is 5.40. The summed E-state index contributed by atoms with van der Waals surface area (Å²) in [4.78, 5) is 2.38. The van der Waals surface area contributed by atoms with Crippen molar-refractivity contribution in [3.05, 3.63) is 0 Å². The maximum atomic E-state index is 8.46. The van der Waals surface area contributed by atoms with E-state index in [0.29, 0.717) is 24.3 Å². The lowest BCUT2D eigenvalue weighted by Gasteiger charge is -2.28. The van der Waals surface area contributed by atoms with Gasteiger partial charge in [-0.15, -0.1) is 0 Å². The van der Waals surface area contributed by atoms with Gasteiger partial charge in [0.1, 0.15) is 5.84 Å². The third-order valence-corrected chi connectivity index (χ3v) is 2.74. The van der Waals surface area contributed by atoms with Crippen molar-refractivity contribution < 1.29 is 9.94 Å². The SMILES string of the molecule is COCC(C)N(CCC(N)=NO)C1CC1. The number of oxime groups is 1. The van der Waals surface area contributed by atoms with E-state index < -0.39 is 0 Å². The number of hydrogen-bond acceptors (Lipinski definition) is 4. The fraction of sp³-hybridized carbons (Fsp3) is 0.900. The second-order valence-electron chi connectivity index (χ2n) is 4.11. The van der Waals surface area contributed by atoms with Gasteiger partial charge in [0.25, 0.3) is 0 Å². The van der Waals surface area contributed by atoms with Crippen molar-refractivity contribution in [3.8, 4) is 0 Å². The van der Waals surface area contributed by atoms with Crippen LogP contribution in [0.15, 0.2) is 5.16 Å². The quantitative estimate of drug-likeness (QED) is 0.283. The zero-order valence-electron chi connectivity index (χ0n) is 9.52. The molecule has 1 aliphatic rings. The van der Waals surface area contributed by atoms with E-state index >= 15 is 0 Å². The van der Waals surface area contributed by atoms with Crippen molar-refractivity contribution in [1.82, 2.24) is 4.90 Å². The zero-order chi connectivity index (χ0) is 11.3. The molecule has 0 saturated heterocycles. The highest BCUT2D eigenvalue weighted by Crippen LogP contribution is 2.28. The average molecular weight is 215 g/mol. The molecule has 0 heterocycles. The van der Waals surface area contributed by atoms with Gasteiger partial charge in [0.05, 0.1) is 6.61 Å². The van der Waals surface area contributed by atoms with Gasteiger partial charge in [-0.1, -0.05) is 5.16 Å². The normalized spacial score (nSPS) is 19.5. The molecule has 88 valence electrons. The Labute approximate surface area is 90.9 Å². The van der Waals surface area contributed by atoms with Crippen LogP contribution in [0.5, 0.6) is 0 Å². The van der Waals surface area contributed by atoms with Crippen molar-refractivity contribution in [1.29, 1.82) is 0 Å². The van der Waals surface area contributed by atoms with Crippen molar-refractivity contribution in [2.45, 2.75) is 38.3 Å². The third kappa shape index (κ3) is 4.05. The molecule has 0 aromatic rings. The number of nitrogens with two attached hydrogens (primary N) is 1. The third-order valence-electron chi connectivity index (χ3n) is 2.74. The molecule has 0 amide bonds. The minimum absolute atomic E-state index is 0.297. The molecule has 0 spiro atoms. The lowest BCUT2D eigenvalue weighted by atomic mass is 10.2. The van der Waals surface area contributed by atoms with Crippen LogP contribution in [-0.4, -0.2) is 48.3 Å². The van der Waals surface area contributed by atoms with Gasteiger partial charge in [0.15, 0.2) is 0 Å². The molecule has 1 aliphatic carbocycles. The lowest BCUT2D eigenvalue weighted by molar-refractivity contribution is 0.0957. The Morgan fingerprint density at radius 1 is 1.67 bits per heavy atom. The smallest absolute Gasteiger partial charge is 0.140 e. The first-order chi connectivity index (χ1) is 7.19. The first-order valence-electron chi connectivity index (χ1n) is 5.40. The largest absolute Gasteiger partial charge is 0.409 e. The van der Waals surface area contributed by atoms with Gasteiger partial charge in [-0.2, -0.15) is 0 Å². The summed E-state index contributed by atoms with van der Waals surface area (Å²) >= 11 is 0. The molecule has 0 bridgehead atoms. The van der Waals surface area contributed by atoms with Gasteiger partial charge < -0.3 is 15.7 Å². The van der Waals surface area contributed by atoms with Crippen molar-refractivity contribution in [3.63, 3.8) is 0 Å². The van der Waals surface area contributed by atoms with Gasteiger partial charge in [-0.05, 0) is 19.8 Å². The molecule has 0 aromatic heterocycles. The van der Waals surface area contributed by atoms with E-state index in [-0.39, 0.29) is 0 Å². The van der Waals surface area contributed by atoms with Crippen LogP contribution < -0.4 is 5.73 Å². The Morgan fingerprint density at radius 3 is 2.80 bits per heavy atom.